The molecule has 1 atom stereocenters. The number of carbonyl (C=O) groups is 2. The van der Waals surface area contributed by atoms with Gasteiger partial charge >= 0.3 is 0 Å². The van der Waals surface area contributed by atoms with E-state index in [1.807, 2.05) is 42.8 Å². The summed E-state index contributed by atoms with van der Waals surface area (Å²) < 4.78 is 1.74. The van der Waals surface area contributed by atoms with E-state index in [1.165, 1.54) is 0 Å². The van der Waals surface area contributed by atoms with Gasteiger partial charge in [0.05, 0.1) is 5.69 Å². The van der Waals surface area contributed by atoms with E-state index >= 15 is 0 Å². The van der Waals surface area contributed by atoms with Crippen LogP contribution in [0.3, 0.4) is 0 Å². The molecule has 25 heavy (non-hydrogen) atoms. The molecule has 2 amide bonds. The molecule has 0 aliphatic carbocycles. The number of benzene rings is 1. The summed E-state index contributed by atoms with van der Waals surface area (Å²) in [5, 5.41) is 7.15. The number of amides is 2. The summed E-state index contributed by atoms with van der Waals surface area (Å²) in [6.07, 6.45) is 7.62. The first-order chi connectivity index (χ1) is 12.2. The number of likely N-dealkylation sites (tertiary alicyclic amines) is 1. The molecule has 1 unspecified atom stereocenters. The van der Waals surface area contributed by atoms with Gasteiger partial charge in [-0.05, 0) is 43.4 Å². The second-order valence-corrected chi connectivity index (χ2v) is 6.96. The quantitative estimate of drug-likeness (QED) is 0.862. The van der Waals surface area contributed by atoms with Crippen molar-refractivity contribution in [2.24, 2.45) is 0 Å². The summed E-state index contributed by atoms with van der Waals surface area (Å²) in [5.74, 6) is 0.736. The maximum Gasteiger partial charge on any atom is 0.247 e. The standard InChI is InChI=1S/C18H22N4O2S/c1-25-12-8-17(23)21-10-3-7-16(21)18(24)20-14-5-2-6-15(13-14)22-11-4-9-19-22/h2,4-6,9,11,13,16H,3,7-8,10,12H2,1H3,(H,20,24). The second kappa shape index (κ2) is 8.20. The molecule has 7 heteroatoms. The minimum atomic E-state index is -0.372. The Morgan fingerprint density at radius 2 is 2.24 bits per heavy atom. The lowest BCUT2D eigenvalue weighted by Crippen LogP contribution is -2.43. The molecule has 0 saturated carbocycles. The number of hydrogen-bond acceptors (Lipinski definition) is 4. The van der Waals surface area contributed by atoms with Crippen LogP contribution < -0.4 is 5.32 Å². The molecule has 1 N–H and O–H groups in total. The Balaban J connectivity index is 1.67. The van der Waals surface area contributed by atoms with Crippen LogP contribution in [-0.4, -0.2) is 51.1 Å². The number of rotatable bonds is 6. The number of aromatic nitrogens is 2. The zero-order valence-electron chi connectivity index (χ0n) is 14.2. The molecule has 0 spiro atoms. The third kappa shape index (κ3) is 4.22. The van der Waals surface area contributed by atoms with Crippen molar-refractivity contribution in [3.8, 4) is 5.69 Å². The van der Waals surface area contributed by atoms with Gasteiger partial charge in [-0.15, -0.1) is 0 Å². The summed E-state index contributed by atoms with van der Waals surface area (Å²) >= 11 is 1.64. The average molecular weight is 358 g/mol. The minimum absolute atomic E-state index is 0.0669. The van der Waals surface area contributed by atoms with E-state index < -0.39 is 0 Å². The molecular weight excluding hydrogens is 336 g/mol. The van der Waals surface area contributed by atoms with E-state index in [4.69, 9.17) is 0 Å². The molecule has 2 aromatic rings. The Morgan fingerprint density at radius 3 is 3.00 bits per heavy atom. The molecule has 1 aliphatic rings. The van der Waals surface area contributed by atoms with Gasteiger partial charge in [0.25, 0.3) is 0 Å². The van der Waals surface area contributed by atoms with Crippen molar-refractivity contribution >= 4 is 29.3 Å². The first kappa shape index (κ1) is 17.5. The number of hydrogen-bond donors (Lipinski definition) is 1. The maximum atomic E-state index is 12.7. The Kier molecular flexibility index (Phi) is 5.75. The van der Waals surface area contributed by atoms with Crippen molar-refractivity contribution in [2.75, 3.05) is 23.9 Å². The summed E-state index contributed by atoms with van der Waals surface area (Å²) in [7, 11) is 0. The number of nitrogens with one attached hydrogen (secondary N) is 1. The fourth-order valence-corrected chi connectivity index (χ4v) is 3.42. The van der Waals surface area contributed by atoms with Crippen molar-refractivity contribution in [1.29, 1.82) is 0 Å². The Morgan fingerprint density at radius 1 is 1.36 bits per heavy atom. The molecule has 3 rings (SSSR count). The Labute approximate surface area is 151 Å². The number of carbonyl (C=O) groups excluding carboxylic acids is 2. The predicted molar refractivity (Wildman–Crippen MR) is 99.9 cm³/mol. The molecule has 1 fully saturated rings. The maximum absolute atomic E-state index is 12.7. The Hall–Kier alpha value is -2.28. The van der Waals surface area contributed by atoms with Crippen molar-refractivity contribution in [3.63, 3.8) is 0 Å². The summed E-state index contributed by atoms with van der Waals surface area (Å²) in [4.78, 5) is 26.7. The SMILES string of the molecule is CSCCC(=O)N1CCCC1C(=O)Nc1cccc(-n2cccn2)c1. The van der Waals surface area contributed by atoms with E-state index in [0.717, 1.165) is 24.3 Å². The number of thioether (sulfide) groups is 1. The summed E-state index contributed by atoms with van der Waals surface area (Å²) in [6.45, 7) is 0.665. The van der Waals surface area contributed by atoms with Crippen LogP contribution >= 0.6 is 11.8 Å². The third-order valence-corrected chi connectivity index (χ3v) is 4.89. The van der Waals surface area contributed by atoms with Gasteiger partial charge in [0.2, 0.25) is 11.8 Å². The topological polar surface area (TPSA) is 67.2 Å². The smallest absolute Gasteiger partial charge is 0.247 e. The van der Waals surface area contributed by atoms with Crippen LogP contribution in [-0.2, 0) is 9.59 Å². The number of nitrogens with zero attached hydrogens (tertiary/aromatic N) is 3. The first-order valence-corrected chi connectivity index (χ1v) is 9.78. The molecule has 0 bridgehead atoms. The predicted octanol–water partition coefficient (Wildman–Crippen LogP) is 2.55. The van der Waals surface area contributed by atoms with Crippen LogP contribution in [0.25, 0.3) is 5.69 Å². The van der Waals surface area contributed by atoms with Gasteiger partial charge in [0, 0.05) is 36.8 Å². The zero-order valence-corrected chi connectivity index (χ0v) is 15.0. The highest BCUT2D eigenvalue weighted by molar-refractivity contribution is 7.98. The van der Waals surface area contributed by atoms with E-state index in [-0.39, 0.29) is 17.9 Å². The van der Waals surface area contributed by atoms with Crippen LogP contribution in [0.1, 0.15) is 19.3 Å². The lowest BCUT2D eigenvalue weighted by atomic mass is 10.2. The van der Waals surface area contributed by atoms with E-state index in [9.17, 15) is 9.59 Å². The molecule has 1 aliphatic heterocycles. The van der Waals surface area contributed by atoms with Gasteiger partial charge in [-0.3, -0.25) is 9.59 Å². The van der Waals surface area contributed by atoms with Gasteiger partial charge in [-0.2, -0.15) is 16.9 Å². The molecule has 0 radical (unpaired) electrons. The van der Waals surface area contributed by atoms with Crippen LogP contribution in [0, 0.1) is 0 Å². The van der Waals surface area contributed by atoms with E-state index in [2.05, 4.69) is 10.4 Å². The zero-order chi connectivity index (χ0) is 17.6. The third-order valence-electron chi connectivity index (χ3n) is 4.28. The van der Waals surface area contributed by atoms with Crippen molar-refractivity contribution in [2.45, 2.75) is 25.3 Å². The lowest BCUT2D eigenvalue weighted by molar-refractivity contribution is -0.136. The van der Waals surface area contributed by atoms with Crippen molar-refractivity contribution in [1.82, 2.24) is 14.7 Å². The lowest BCUT2D eigenvalue weighted by Gasteiger charge is -2.24. The van der Waals surface area contributed by atoms with Crippen LogP contribution in [0.4, 0.5) is 5.69 Å². The van der Waals surface area contributed by atoms with Crippen LogP contribution in [0.5, 0.6) is 0 Å². The highest BCUT2D eigenvalue weighted by Crippen LogP contribution is 2.21. The molecular formula is C18H22N4O2S. The minimum Gasteiger partial charge on any atom is -0.331 e. The fraction of sp³-hybridized carbons (Fsp3) is 0.389. The molecule has 1 aromatic heterocycles. The molecule has 6 nitrogen and oxygen atoms in total. The molecule has 132 valence electrons. The van der Waals surface area contributed by atoms with Gasteiger partial charge in [-0.1, -0.05) is 6.07 Å². The molecule has 1 saturated heterocycles. The van der Waals surface area contributed by atoms with Gasteiger partial charge < -0.3 is 10.2 Å². The average Bonchev–Trinajstić information content (AvgIpc) is 3.31. The fourth-order valence-electron chi connectivity index (χ4n) is 3.04. The van der Waals surface area contributed by atoms with Crippen LogP contribution in [0.2, 0.25) is 0 Å². The second-order valence-electron chi connectivity index (χ2n) is 5.98. The highest BCUT2D eigenvalue weighted by atomic mass is 32.2. The van der Waals surface area contributed by atoms with Gasteiger partial charge in [0.1, 0.15) is 6.04 Å². The molecule has 1 aromatic carbocycles. The normalized spacial score (nSPS) is 16.8. The first-order valence-electron chi connectivity index (χ1n) is 8.38. The van der Waals surface area contributed by atoms with Crippen molar-refractivity contribution < 1.29 is 9.59 Å². The van der Waals surface area contributed by atoms with Crippen LogP contribution in [0.15, 0.2) is 42.7 Å². The van der Waals surface area contributed by atoms with Gasteiger partial charge in [-0.25, -0.2) is 4.68 Å². The summed E-state index contributed by atoms with van der Waals surface area (Å²) in [6, 6.07) is 9.00. The number of anilines is 1. The Bertz CT molecular complexity index is 732. The van der Waals surface area contributed by atoms with Gasteiger partial charge in [0.15, 0.2) is 0 Å². The van der Waals surface area contributed by atoms with Crippen molar-refractivity contribution in [3.05, 3.63) is 42.7 Å². The van der Waals surface area contributed by atoms with E-state index in [0.29, 0.717) is 18.7 Å². The monoisotopic (exact) mass is 358 g/mol. The summed E-state index contributed by atoms with van der Waals surface area (Å²) in [5.41, 5.74) is 1.59. The molecule has 2 heterocycles. The largest absolute Gasteiger partial charge is 0.331 e. The van der Waals surface area contributed by atoms with E-state index in [1.54, 1.807) is 27.5 Å². The highest BCUT2D eigenvalue weighted by Gasteiger charge is 2.33.